The van der Waals surface area contributed by atoms with Gasteiger partial charge in [-0.2, -0.15) is 13.2 Å². The van der Waals surface area contributed by atoms with Crippen LogP contribution in [-0.4, -0.2) is 55.7 Å². The molecule has 1 aromatic carbocycles. The Hall–Kier alpha value is -2.80. The number of benzene rings is 1. The number of fused-ring (bicyclic) bond motifs is 1. The van der Waals surface area contributed by atoms with Crippen molar-refractivity contribution in [3.63, 3.8) is 0 Å². The molecular formula is C16H20F6N6O5S. The minimum absolute atomic E-state index is 0. The van der Waals surface area contributed by atoms with E-state index in [-0.39, 0.29) is 50.0 Å². The number of halogens is 6. The van der Waals surface area contributed by atoms with E-state index in [1.54, 1.807) is 0 Å². The van der Waals surface area contributed by atoms with Gasteiger partial charge in [-0.1, -0.05) is 0 Å². The Bertz CT molecular complexity index is 1120. The molecule has 0 saturated carbocycles. The van der Waals surface area contributed by atoms with E-state index in [2.05, 4.69) is 10.2 Å². The second kappa shape index (κ2) is 11.1. The molecule has 0 unspecified atom stereocenters. The van der Waals surface area contributed by atoms with Crippen molar-refractivity contribution < 1.29 is 48.7 Å². The van der Waals surface area contributed by atoms with E-state index in [1.165, 1.54) is 4.90 Å². The van der Waals surface area contributed by atoms with Crippen molar-refractivity contribution in [1.82, 2.24) is 25.8 Å². The van der Waals surface area contributed by atoms with Crippen molar-refractivity contribution in [1.29, 1.82) is 0 Å². The fourth-order valence-electron chi connectivity index (χ4n) is 3.01. The van der Waals surface area contributed by atoms with Crippen LogP contribution in [0.5, 0.6) is 0 Å². The Morgan fingerprint density at radius 1 is 1.15 bits per heavy atom. The highest BCUT2D eigenvalue weighted by Gasteiger charge is 2.40. The van der Waals surface area contributed by atoms with Gasteiger partial charge in [-0.05, 0) is 18.1 Å². The van der Waals surface area contributed by atoms with Crippen molar-refractivity contribution in [3.8, 4) is 0 Å². The first-order valence-electron chi connectivity index (χ1n) is 8.90. The third-order valence-electron chi connectivity index (χ3n) is 4.37. The molecular weight excluding hydrogens is 502 g/mol. The van der Waals surface area contributed by atoms with Crippen molar-refractivity contribution in [3.05, 3.63) is 46.8 Å². The van der Waals surface area contributed by atoms with E-state index in [1.807, 2.05) is 0 Å². The Morgan fingerprint density at radius 2 is 1.71 bits per heavy atom. The highest BCUT2D eigenvalue weighted by molar-refractivity contribution is 7.79. The molecule has 0 saturated heterocycles. The molecule has 0 radical (unpaired) electrons. The van der Waals surface area contributed by atoms with Gasteiger partial charge in [0.05, 0.1) is 6.54 Å². The molecule has 2 aromatic rings. The van der Waals surface area contributed by atoms with Gasteiger partial charge in [0.2, 0.25) is 22.1 Å². The minimum atomic E-state index is -4.92. The van der Waals surface area contributed by atoms with Crippen LogP contribution in [0.2, 0.25) is 0 Å². The highest BCUT2D eigenvalue weighted by Crippen LogP contribution is 2.29. The molecule has 2 heterocycles. The van der Waals surface area contributed by atoms with Gasteiger partial charge < -0.3 is 25.9 Å². The maximum Gasteiger partial charge on any atom is 0.451 e. The summed E-state index contributed by atoms with van der Waals surface area (Å²) >= 11 is 0. The maximum atomic E-state index is 13.7. The zero-order valence-corrected chi connectivity index (χ0v) is 18.2. The number of alkyl halides is 3. The third-order valence-corrected chi connectivity index (χ3v) is 4.37. The number of hydrogen-bond donors (Lipinski definition) is 3. The lowest BCUT2D eigenvalue weighted by molar-refractivity contribution is -0.148. The average Bonchev–Trinajstić information content (AvgIpc) is 3.08. The largest absolute Gasteiger partial charge is 0.726 e. The normalized spacial score (nSPS) is 14.4. The topological polar surface area (TPSA) is 191 Å². The zero-order chi connectivity index (χ0) is 25.1. The molecule has 0 bridgehead atoms. The molecule has 1 aliphatic heterocycles. The molecule has 7 N–H and O–H groups in total. The summed E-state index contributed by atoms with van der Waals surface area (Å²) in [7, 11) is -4.92. The van der Waals surface area contributed by atoms with Crippen LogP contribution in [0.3, 0.4) is 0 Å². The first kappa shape index (κ1) is 29.2. The molecule has 0 aliphatic carbocycles. The first-order chi connectivity index (χ1) is 15.1. The Balaban J connectivity index is 0.000000873. The number of quaternary nitrogens is 1. The standard InChI is InChI=1S/C16H15F6N5O.H3N.H2O4S/c17-10-6-12(19)11(18)4-8(10)3-9(23)5-14(28)26-1-2-27-13(7-26)24-25-15(27)16(20,21)22;;1-5(2,3)4/h4,6,9H,1-3,5,7,23H2;1H3;(H2,1,2,3,4)/t9-;;/m1../s1. The fourth-order valence-corrected chi connectivity index (χ4v) is 3.01. The molecule has 1 aromatic heterocycles. The maximum absolute atomic E-state index is 13.7. The van der Waals surface area contributed by atoms with Crippen LogP contribution in [0.25, 0.3) is 0 Å². The average molecular weight is 522 g/mol. The molecule has 0 spiro atoms. The quantitative estimate of drug-likeness (QED) is 0.232. The lowest BCUT2D eigenvalue weighted by Crippen LogP contribution is -2.42. The summed E-state index contributed by atoms with van der Waals surface area (Å²) in [5.41, 5.74) is 5.64. The van der Waals surface area contributed by atoms with E-state index >= 15 is 0 Å². The molecule has 34 heavy (non-hydrogen) atoms. The smallest absolute Gasteiger partial charge is 0.451 e. The summed E-state index contributed by atoms with van der Waals surface area (Å²) in [6.07, 6.45) is -5.11. The summed E-state index contributed by atoms with van der Waals surface area (Å²) in [4.78, 5) is 13.6. The molecule has 1 atom stereocenters. The first-order valence-corrected chi connectivity index (χ1v) is 10.3. The molecule has 18 heteroatoms. The lowest BCUT2D eigenvalue weighted by Gasteiger charge is -2.29. The van der Waals surface area contributed by atoms with Gasteiger partial charge in [0, 0.05) is 31.6 Å². The number of rotatable bonds is 4. The molecule has 1 amide bonds. The molecule has 11 nitrogen and oxygen atoms in total. The second-order valence-electron chi connectivity index (χ2n) is 6.86. The number of amides is 1. The van der Waals surface area contributed by atoms with Crippen molar-refractivity contribution in [2.75, 3.05) is 6.54 Å². The van der Waals surface area contributed by atoms with Crippen molar-refractivity contribution >= 4 is 16.3 Å². The van der Waals surface area contributed by atoms with Gasteiger partial charge in [0.25, 0.3) is 0 Å². The van der Waals surface area contributed by atoms with Crippen LogP contribution in [-0.2, 0) is 40.9 Å². The predicted molar refractivity (Wildman–Crippen MR) is 101 cm³/mol. The number of carbonyl (C=O) groups is 1. The van der Waals surface area contributed by atoms with Crippen LogP contribution in [0.1, 0.15) is 23.6 Å². The molecule has 3 rings (SSSR count). The lowest BCUT2D eigenvalue weighted by atomic mass is 10.0. The van der Waals surface area contributed by atoms with Crippen LogP contribution in [0.15, 0.2) is 12.1 Å². The summed E-state index contributed by atoms with van der Waals surface area (Å²) in [5.74, 6) is -5.15. The van der Waals surface area contributed by atoms with Gasteiger partial charge in [-0.25, -0.2) is 21.6 Å². The van der Waals surface area contributed by atoms with Crippen molar-refractivity contribution in [2.24, 2.45) is 5.73 Å². The van der Waals surface area contributed by atoms with Gasteiger partial charge in [0.15, 0.2) is 17.5 Å². The SMILES string of the molecule is N[C@@H](CC(=O)N1CCn2c(nnc2C(F)(F)F)C1)Cc1cc(F)c(F)cc1F.O=S(=O)([O-])O.[NH4+]. The number of hydrogen-bond acceptors (Lipinski definition) is 7. The monoisotopic (exact) mass is 522 g/mol. The number of nitrogens with two attached hydrogens (primary N) is 1. The van der Waals surface area contributed by atoms with E-state index in [4.69, 9.17) is 23.3 Å². The van der Waals surface area contributed by atoms with E-state index in [0.29, 0.717) is 12.1 Å². The summed E-state index contributed by atoms with van der Waals surface area (Å²) in [5, 5.41) is 6.60. The van der Waals surface area contributed by atoms with Gasteiger partial charge >= 0.3 is 6.18 Å². The minimum Gasteiger partial charge on any atom is -0.726 e. The number of aromatic nitrogens is 3. The number of carbonyl (C=O) groups excluding carboxylic acids is 1. The van der Waals surface area contributed by atoms with Gasteiger partial charge in [-0.3, -0.25) is 9.35 Å². The second-order valence-corrected chi connectivity index (χ2v) is 7.71. The Morgan fingerprint density at radius 3 is 2.26 bits per heavy atom. The zero-order valence-electron chi connectivity index (χ0n) is 17.4. The number of nitrogens with zero attached hydrogens (tertiary/aromatic N) is 4. The Labute approximate surface area is 188 Å². The van der Waals surface area contributed by atoms with Crippen LogP contribution in [0.4, 0.5) is 26.3 Å². The summed E-state index contributed by atoms with van der Waals surface area (Å²) in [6, 6.07) is 0.184. The highest BCUT2D eigenvalue weighted by atomic mass is 32.3. The van der Waals surface area contributed by atoms with Crippen LogP contribution >= 0.6 is 0 Å². The van der Waals surface area contributed by atoms with Crippen LogP contribution < -0.4 is 11.9 Å². The fraction of sp³-hybridized carbons (Fsp3) is 0.438. The van der Waals surface area contributed by atoms with Gasteiger partial charge in [-0.15, -0.1) is 10.2 Å². The van der Waals surface area contributed by atoms with Crippen LogP contribution in [0, 0.1) is 17.5 Å². The summed E-state index contributed by atoms with van der Waals surface area (Å²) < 4.78 is 112. The van der Waals surface area contributed by atoms with E-state index < -0.39 is 51.8 Å². The molecule has 1 aliphatic rings. The van der Waals surface area contributed by atoms with E-state index in [0.717, 1.165) is 4.57 Å². The molecule has 0 fully saturated rings. The third kappa shape index (κ3) is 8.20. The molecule has 192 valence electrons. The summed E-state index contributed by atoms with van der Waals surface area (Å²) in [6.45, 7) is -0.302. The van der Waals surface area contributed by atoms with Gasteiger partial charge in [0.1, 0.15) is 5.82 Å². The Kier molecular flexibility index (Phi) is 9.53. The van der Waals surface area contributed by atoms with E-state index in [9.17, 15) is 31.1 Å². The predicted octanol–water partition coefficient (Wildman–Crippen LogP) is 1.40. The van der Waals surface area contributed by atoms with Crippen molar-refractivity contribution in [2.45, 2.75) is 38.1 Å².